The van der Waals surface area contributed by atoms with E-state index in [-0.39, 0.29) is 0 Å². The number of ether oxygens (including phenoxy) is 1. The van der Waals surface area contributed by atoms with Gasteiger partial charge in [0.1, 0.15) is 0 Å². The van der Waals surface area contributed by atoms with Crippen molar-refractivity contribution in [2.45, 2.75) is 45.6 Å². The zero-order chi connectivity index (χ0) is 12.3. The molecule has 0 spiro atoms. The topological polar surface area (TPSA) is 21.3 Å². The van der Waals surface area contributed by atoms with Gasteiger partial charge in [-0.25, -0.2) is 0 Å². The van der Waals surface area contributed by atoms with Gasteiger partial charge in [0.05, 0.1) is 0 Å². The monoisotopic (exact) mass is 255 g/mol. The van der Waals surface area contributed by atoms with E-state index in [1.165, 1.54) is 18.4 Å². The van der Waals surface area contributed by atoms with E-state index in [4.69, 9.17) is 4.74 Å². The highest BCUT2D eigenvalue weighted by Crippen LogP contribution is 2.11. The van der Waals surface area contributed by atoms with Gasteiger partial charge < -0.3 is 10.1 Å². The van der Waals surface area contributed by atoms with Crippen molar-refractivity contribution in [1.82, 2.24) is 5.32 Å². The Labute approximate surface area is 109 Å². The van der Waals surface area contributed by atoms with E-state index in [2.05, 4.69) is 36.0 Å². The molecule has 0 aliphatic rings. The fourth-order valence-electron chi connectivity index (χ4n) is 1.88. The standard InChI is InChI=1S/C14H25NOS/c1-3-9-16-10-7-14(15-4-2)6-5-13-8-11-17-12-13/h8,11-12,14-15H,3-7,9-10H2,1-2H3. The van der Waals surface area contributed by atoms with Crippen LogP contribution < -0.4 is 5.32 Å². The van der Waals surface area contributed by atoms with Crippen molar-refractivity contribution < 1.29 is 4.74 Å². The summed E-state index contributed by atoms with van der Waals surface area (Å²) in [7, 11) is 0. The minimum absolute atomic E-state index is 0.594. The van der Waals surface area contributed by atoms with E-state index in [1.807, 2.05) is 0 Å². The third-order valence-corrected chi connectivity index (χ3v) is 3.55. The number of hydrogen-bond acceptors (Lipinski definition) is 3. The molecule has 0 radical (unpaired) electrons. The first-order valence-corrected chi connectivity index (χ1v) is 7.63. The molecule has 1 heterocycles. The van der Waals surface area contributed by atoms with Crippen molar-refractivity contribution in [3.63, 3.8) is 0 Å². The van der Waals surface area contributed by atoms with E-state index in [1.54, 1.807) is 11.3 Å². The summed E-state index contributed by atoms with van der Waals surface area (Å²) in [5, 5.41) is 7.95. The summed E-state index contributed by atoms with van der Waals surface area (Å²) in [6.45, 7) is 7.14. The fourth-order valence-corrected chi connectivity index (χ4v) is 2.59. The molecule has 17 heavy (non-hydrogen) atoms. The van der Waals surface area contributed by atoms with Crippen molar-refractivity contribution in [3.8, 4) is 0 Å². The Morgan fingerprint density at radius 3 is 2.82 bits per heavy atom. The van der Waals surface area contributed by atoms with Crippen LogP contribution in [0.5, 0.6) is 0 Å². The fraction of sp³-hybridized carbons (Fsp3) is 0.714. The summed E-state index contributed by atoms with van der Waals surface area (Å²) in [4.78, 5) is 0. The molecule has 0 saturated heterocycles. The zero-order valence-corrected chi connectivity index (χ0v) is 11.9. The van der Waals surface area contributed by atoms with Crippen LogP contribution in [0.3, 0.4) is 0 Å². The summed E-state index contributed by atoms with van der Waals surface area (Å²) in [5.74, 6) is 0. The highest BCUT2D eigenvalue weighted by Gasteiger charge is 2.07. The second kappa shape index (κ2) is 9.63. The smallest absolute Gasteiger partial charge is 0.0480 e. The van der Waals surface area contributed by atoms with Crippen LogP contribution in [0, 0.1) is 0 Å². The molecule has 0 bridgehead atoms. The predicted octanol–water partition coefficient (Wildman–Crippen LogP) is 3.48. The van der Waals surface area contributed by atoms with E-state index < -0.39 is 0 Å². The quantitative estimate of drug-likeness (QED) is 0.646. The zero-order valence-electron chi connectivity index (χ0n) is 11.1. The Balaban J connectivity index is 2.17. The van der Waals surface area contributed by atoms with Crippen LogP contribution >= 0.6 is 11.3 Å². The van der Waals surface area contributed by atoms with Gasteiger partial charge in [0.25, 0.3) is 0 Å². The van der Waals surface area contributed by atoms with Gasteiger partial charge in [-0.2, -0.15) is 11.3 Å². The van der Waals surface area contributed by atoms with E-state index in [0.717, 1.165) is 32.6 Å². The molecule has 1 aromatic rings. The van der Waals surface area contributed by atoms with Gasteiger partial charge in [0.15, 0.2) is 0 Å². The second-order valence-corrected chi connectivity index (χ2v) is 5.11. The molecule has 2 nitrogen and oxygen atoms in total. The van der Waals surface area contributed by atoms with Gasteiger partial charge in [0.2, 0.25) is 0 Å². The Morgan fingerprint density at radius 2 is 2.18 bits per heavy atom. The van der Waals surface area contributed by atoms with Crippen molar-refractivity contribution in [2.24, 2.45) is 0 Å². The lowest BCUT2D eigenvalue weighted by molar-refractivity contribution is 0.124. The average Bonchev–Trinajstić information content (AvgIpc) is 2.84. The van der Waals surface area contributed by atoms with Gasteiger partial charge in [-0.3, -0.25) is 0 Å². The van der Waals surface area contributed by atoms with Crippen LogP contribution in [-0.4, -0.2) is 25.8 Å². The maximum absolute atomic E-state index is 5.56. The lowest BCUT2D eigenvalue weighted by Crippen LogP contribution is -2.30. The average molecular weight is 255 g/mol. The van der Waals surface area contributed by atoms with Crippen LogP contribution in [0.4, 0.5) is 0 Å². The number of aryl methyl sites for hydroxylation is 1. The van der Waals surface area contributed by atoms with Crippen molar-refractivity contribution in [3.05, 3.63) is 22.4 Å². The molecule has 0 amide bonds. The van der Waals surface area contributed by atoms with E-state index in [0.29, 0.717) is 6.04 Å². The molecule has 1 unspecified atom stereocenters. The van der Waals surface area contributed by atoms with Crippen LogP contribution in [0.25, 0.3) is 0 Å². The summed E-state index contributed by atoms with van der Waals surface area (Å²) in [6.07, 6.45) is 4.62. The lowest BCUT2D eigenvalue weighted by atomic mass is 10.1. The SMILES string of the molecule is CCCOCCC(CCc1ccsc1)NCC. The molecule has 0 fully saturated rings. The maximum atomic E-state index is 5.56. The van der Waals surface area contributed by atoms with Gasteiger partial charge in [-0.05, 0) is 54.6 Å². The number of rotatable bonds is 10. The molecule has 1 rings (SSSR count). The van der Waals surface area contributed by atoms with Gasteiger partial charge >= 0.3 is 0 Å². The molecule has 1 atom stereocenters. The van der Waals surface area contributed by atoms with E-state index in [9.17, 15) is 0 Å². The van der Waals surface area contributed by atoms with Gasteiger partial charge in [0, 0.05) is 19.3 Å². The van der Waals surface area contributed by atoms with Crippen LogP contribution in [0.1, 0.15) is 38.7 Å². The van der Waals surface area contributed by atoms with Gasteiger partial charge in [-0.15, -0.1) is 0 Å². The number of nitrogens with one attached hydrogen (secondary N) is 1. The third-order valence-electron chi connectivity index (χ3n) is 2.81. The Bertz CT molecular complexity index is 261. The molecule has 0 aliphatic carbocycles. The molecule has 0 aliphatic heterocycles. The minimum atomic E-state index is 0.594. The maximum Gasteiger partial charge on any atom is 0.0480 e. The lowest BCUT2D eigenvalue weighted by Gasteiger charge is -2.17. The highest BCUT2D eigenvalue weighted by atomic mass is 32.1. The summed E-state index contributed by atoms with van der Waals surface area (Å²) in [6, 6.07) is 2.82. The third kappa shape index (κ3) is 6.81. The molecule has 1 aromatic heterocycles. The van der Waals surface area contributed by atoms with Crippen LogP contribution in [0.2, 0.25) is 0 Å². The molecule has 98 valence electrons. The summed E-state index contributed by atoms with van der Waals surface area (Å²) in [5.41, 5.74) is 1.47. The molecule has 3 heteroatoms. The number of hydrogen-bond donors (Lipinski definition) is 1. The second-order valence-electron chi connectivity index (χ2n) is 4.33. The summed E-state index contributed by atoms with van der Waals surface area (Å²) < 4.78 is 5.56. The molecular formula is C14H25NOS. The normalized spacial score (nSPS) is 12.8. The Hall–Kier alpha value is -0.380. The highest BCUT2D eigenvalue weighted by molar-refractivity contribution is 7.07. The molecular weight excluding hydrogens is 230 g/mol. The predicted molar refractivity (Wildman–Crippen MR) is 75.8 cm³/mol. The van der Waals surface area contributed by atoms with Crippen LogP contribution in [-0.2, 0) is 11.2 Å². The first kappa shape index (κ1) is 14.7. The molecule has 0 aromatic carbocycles. The number of thiophene rings is 1. The van der Waals surface area contributed by atoms with Crippen molar-refractivity contribution >= 4 is 11.3 Å². The van der Waals surface area contributed by atoms with Crippen molar-refractivity contribution in [1.29, 1.82) is 0 Å². The van der Waals surface area contributed by atoms with E-state index >= 15 is 0 Å². The molecule has 0 saturated carbocycles. The van der Waals surface area contributed by atoms with Gasteiger partial charge in [-0.1, -0.05) is 13.8 Å². The molecule has 1 N–H and O–H groups in total. The Morgan fingerprint density at radius 1 is 1.29 bits per heavy atom. The van der Waals surface area contributed by atoms with Crippen molar-refractivity contribution in [2.75, 3.05) is 19.8 Å². The Kier molecular flexibility index (Phi) is 8.32. The minimum Gasteiger partial charge on any atom is -0.381 e. The first-order chi connectivity index (χ1) is 8.36. The first-order valence-electron chi connectivity index (χ1n) is 6.69. The van der Waals surface area contributed by atoms with Crippen LogP contribution in [0.15, 0.2) is 16.8 Å². The summed E-state index contributed by atoms with van der Waals surface area (Å²) >= 11 is 1.78. The largest absolute Gasteiger partial charge is 0.381 e.